The summed E-state index contributed by atoms with van der Waals surface area (Å²) in [6.45, 7) is 0. The van der Waals surface area contributed by atoms with E-state index in [1.807, 2.05) is 13.1 Å². The smallest absolute Gasteiger partial charge is 0.354 e. The molecule has 0 radical (unpaired) electrons. The zero-order chi connectivity index (χ0) is 12.7. The number of H-pyrrole nitrogens is 1. The van der Waals surface area contributed by atoms with Crippen molar-refractivity contribution in [2.24, 2.45) is 7.05 Å². The molecule has 0 aliphatic carbocycles. The van der Waals surface area contributed by atoms with Crippen LogP contribution in [0.1, 0.15) is 10.5 Å². The molecule has 3 rings (SSSR count). The largest absolute Gasteiger partial charge is 0.477 e. The number of imidazole rings is 2. The van der Waals surface area contributed by atoms with E-state index in [2.05, 4.69) is 19.9 Å². The van der Waals surface area contributed by atoms with E-state index in [0.717, 1.165) is 5.52 Å². The molecule has 7 nitrogen and oxygen atoms in total. The Hall–Kier alpha value is -2.70. The highest BCUT2D eigenvalue weighted by Crippen LogP contribution is 2.23. The van der Waals surface area contributed by atoms with Crippen LogP contribution in [-0.4, -0.2) is 35.6 Å². The third-order valence-electron chi connectivity index (χ3n) is 2.75. The summed E-state index contributed by atoms with van der Waals surface area (Å²) in [7, 11) is 1.81. The van der Waals surface area contributed by atoms with Gasteiger partial charge in [0.05, 0.1) is 18.0 Å². The van der Waals surface area contributed by atoms with Crippen LogP contribution < -0.4 is 0 Å². The zero-order valence-electron chi connectivity index (χ0n) is 9.45. The Kier molecular flexibility index (Phi) is 2.12. The van der Waals surface area contributed by atoms with Gasteiger partial charge in [0.2, 0.25) is 0 Å². The van der Waals surface area contributed by atoms with Gasteiger partial charge >= 0.3 is 5.97 Å². The molecular formula is C11H9N5O2. The number of aromatic nitrogens is 5. The van der Waals surface area contributed by atoms with E-state index >= 15 is 0 Å². The van der Waals surface area contributed by atoms with Crippen molar-refractivity contribution in [3.63, 3.8) is 0 Å². The number of carboxylic acids is 1. The fraction of sp³-hybridized carbons (Fsp3) is 0.0909. The van der Waals surface area contributed by atoms with Crippen LogP contribution in [0.25, 0.3) is 22.6 Å². The summed E-state index contributed by atoms with van der Waals surface area (Å²) < 4.78 is 1.79. The van der Waals surface area contributed by atoms with E-state index in [-0.39, 0.29) is 5.69 Å². The summed E-state index contributed by atoms with van der Waals surface area (Å²) in [5.74, 6) is -0.565. The molecule has 0 fully saturated rings. The van der Waals surface area contributed by atoms with Crippen molar-refractivity contribution in [3.05, 3.63) is 30.5 Å². The monoisotopic (exact) mass is 243 g/mol. The van der Waals surface area contributed by atoms with Crippen LogP contribution in [0.4, 0.5) is 0 Å². The van der Waals surface area contributed by atoms with Crippen molar-refractivity contribution in [3.8, 4) is 11.5 Å². The number of aromatic amines is 1. The number of pyridine rings is 1. The molecule has 0 atom stereocenters. The van der Waals surface area contributed by atoms with Gasteiger partial charge < -0.3 is 14.7 Å². The molecule has 18 heavy (non-hydrogen) atoms. The molecule has 0 unspecified atom stereocenters. The van der Waals surface area contributed by atoms with Gasteiger partial charge in [-0.3, -0.25) is 4.98 Å². The second kappa shape index (κ2) is 3.66. The van der Waals surface area contributed by atoms with Gasteiger partial charge in [0.25, 0.3) is 0 Å². The van der Waals surface area contributed by atoms with E-state index < -0.39 is 5.97 Å². The first kappa shape index (κ1) is 10.5. The summed E-state index contributed by atoms with van der Waals surface area (Å²) in [4.78, 5) is 26.0. The topological polar surface area (TPSA) is 96.7 Å². The van der Waals surface area contributed by atoms with Gasteiger partial charge in [-0.05, 0) is 6.07 Å². The Morgan fingerprint density at radius 2 is 2.33 bits per heavy atom. The van der Waals surface area contributed by atoms with Crippen molar-refractivity contribution in [1.82, 2.24) is 24.5 Å². The molecule has 0 aliphatic rings. The number of aromatic carboxylic acids is 1. The number of rotatable bonds is 2. The number of carboxylic acid groups (broad SMARTS) is 1. The number of aryl methyl sites for hydroxylation is 1. The summed E-state index contributed by atoms with van der Waals surface area (Å²) >= 11 is 0. The average molecular weight is 243 g/mol. The van der Waals surface area contributed by atoms with Crippen LogP contribution in [0.15, 0.2) is 24.8 Å². The van der Waals surface area contributed by atoms with Crippen LogP contribution in [-0.2, 0) is 7.05 Å². The second-order valence-electron chi connectivity index (χ2n) is 3.79. The van der Waals surface area contributed by atoms with Crippen molar-refractivity contribution in [2.75, 3.05) is 0 Å². The molecule has 7 heteroatoms. The van der Waals surface area contributed by atoms with Crippen molar-refractivity contribution in [2.45, 2.75) is 0 Å². The highest BCUT2D eigenvalue weighted by atomic mass is 16.4. The first-order valence-electron chi connectivity index (χ1n) is 5.22. The standard InChI is InChI=1S/C11H9N5O2/c1-16-7-2-3-12-4-6(7)15-10(16)8-9(11(17)18)14-5-13-8/h2-5H,1H3,(H,13,14)(H,17,18). The first-order chi connectivity index (χ1) is 8.68. The maximum Gasteiger partial charge on any atom is 0.354 e. The Morgan fingerprint density at radius 3 is 3.06 bits per heavy atom. The Bertz CT molecular complexity index is 743. The molecule has 2 N–H and O–H groups in total. The fourth-order valence-corrected chi connectivity index (χ4v) is 1.89. The zero-order valence-corrected chi connectivity index (χ0v) is 9.45. The number of fused-ring (bicyclic) bond motifs is 1. The van der Waals surface area contributed by atoms with Crippen LogP contribution >= 0.6 is 0 Å². The molecule has 0 aromatic carbocycles. The summed E-state index contributed by atoms with van der Waals surface area (Å²) in [6.07, 6.45) is 4.64. The number of hydrogen-bond donors (Lipinski definition) is 2. The van der Waals surface area contributed by atoms with Gasteiger partial charge in [-0.2, -0.15) is 0 Å². The molecule has 0 amide bonds. The minimum Gasteiger partial charge on any atom is -0.477 e. The van der Waals surface area contributed by atoms with Crippen molar-refractivity contribution < 1.29 is 9.90 Å². The fourth-order valence-electron chi connectivity index (χ4n) is 1.89. The molecule has 0 bridgehead atoms. The van der Waals surface area contributed by atoms with E-state index in [0.29, 0.717) is 17.0 Å². The third kappa shape index (κ3) is 1.37. The number of nitrogens with one attached hydrogen (secondary N) is 1. The Balaban J connectivity index is 2.29. The van der Waals surface area contributed by atoms with E-state index in [1.165, 1.54) is 6.33 Å². The van der Waals surface area contributed by atoms with E-state index in [1.54, 1.807) is 17.0 Å². The van der Waals surface area contributed by atoms with Gasteiger partial charge in [0.15, 0.2) is 11.5 Å². The number of nitrogens with zero attached hydrogens (tertiary/aromatic N) is 4. The predicted molar refractivity (Wildman–Crippen MR) is 63.1 cm³/mol. The quantitative estimate of drug-likeness (QED) is 0.701. The van der Waals surface area contributed by atoms with Crippen LogP contribution in [0.5, 0.6) is 0 Å². The lowest BCUT2D eigenvalue weighted by Crippen LogP contribution is -2.02. The van der Waals surface area contributed by atoms with Gasteiger partial charge in [-0.15, -0.1) is 0 Å². The van der Waals surface area contributed by atoms with Gasteiger partial charge in [0.1, 0.15) is 11.2 Å². The number of carbonyl (C=O) groups is 1. The minimum atomic E-state index is -1.06. The lowest BCUT2D eigenvalue weighted by atomic mass is 10.3. The highest BCUT2D eigenvalue weighted by Gasteiger charge is 2.19. The Labute approximate surface area is 101 Å². The molecule has 0 spiro atoms. The normalized spacial score (nSPS) is 10.9. The Morgan fingerprint density at radius 1 is 1.50 bits per heavy atom. The molecule has 3 heterocycles. The molecule has 3 aromatic rings. The van der Waals surface area contributed by atoms with Gasteiger partial charge in [-0.1, -0.05) is 0 Å². The third-order valence-corrected chi connectivity index (χ3v) is 2.75. The SMILES string of the molecule is Cn1c(-c2nc[nH]c2C(=O)O)nc2cnccc21. The van der Waals surface area contributed by atoms with E-state index in [4.69, 9.17) is 5.11 Å². The minimum absolute atomic E-state index is 0.0290. The molecular weight excluding hydrogens is 234 g/mol. The molecule has 0 saturated carbocycles. The summed E-state index contributed by atoms with van der Waals surface area (Å²) in [5.41, 5.74) is 1.93. The van der Waals surface area contributed by atoms with E-state index in [9.17, 15) is 4.79 Å². The first-order valence-corrected chi connectivity index (χ1v) is 5.22. The van der Waals surface area contributed by atoms with Crippen LogP contribution in [0.2, 0.25) is 0 Å². The van der Waals surface area contributed by atoms with Crippen molar-refractivity contribution >= 4 is 17.0 Å². The van der Waals surface area contributed by atoms with Crippen LogP contribution in [0, 0.1) is 0 Å². The lowest BCUT2D eigenvalue weighted by molar-refractivity contribution is 0.0692. The molecule has 0 saturated heterocycles. The molecule has 0 aliphatic heterocycles. The second-order valence-corrected chi connectivity index (χ2v) is 3.79. The van der Waals surface area contributed by atoms with Crippen LogP contribution in [0.3, 0.4) is 0 Å². The summed E-state index contributed by atoms with van der Waals surface area (Å²) in [6, 6.07) is 1.82. The maximum atomic E-state index is 11.1. The summed E-state index contributed by atoms with van der Waals surface area (Å²) in [5, 5.41) is 9.06. The average Bonchev–Trinajstić information content (AvgIpc) is 2.94. The lowest BCUT2D eigenvalue weighted by Gasteiger charge is -2.00. The van der Waals surface area contributed by atoms with Crippen molar-refractivity contribution in [1.29, 1.82) is 0 Å². The maximum absolute atomic E-state index is 11.1. The highest BCUT2D eigenvalue weighted by molar-refractivity contribution is 5.93. The molecule has 90 valence electrons. The van der Waals surface area contributed by atoms with Gasteiger partial charge in [0, 0.05) is 13.2 Å². The number of hydrogen-bond acceptors (Lipinski definition) is 4. The van der Waals surface area contributed by atoms with Gasteiger partial charge in [-0.25, -0.2) is 14.8 Å². The molecule has 3 aromatic heterocycles. The predicted octanol–water partition coefficient (Wildman–Crippen LogP) is 1.06.